The molecule has 0 amide bonds. The van der Waals surface area contributed by atoms with Gasteiger partial charge < -0.3 is 0 Å². The highest BCUT2D eigenvalue weighted by Crippen LogP contribution is 2.61. The number of pyridine rings is 5. The van der Waals surface area contributed by atoms with Gasteiger partial charge in [0.2, 0.25) is 0 Å². The van der Waals surface area contributed by atoms with E-state index in [4.69, 9.17) is 15.0 Å². The van der Waals surface area contributed by atoms with Crippen molar-refractivity contribution in [3.05, 3.63) is 628 Å². The van der Waals surface area contributed by atoms with Crippen LogP contribution in [0, 0.1) is 0 Å². The van der Waals surface area contributed by atoms with Gasteiger partial charge in [-0.1, -0.05) is 512 Å². The minimum atomic E-state index is -0.365. The van der Waals surface area contributed by atoms with Crippen molar-refractivity contribution in [3.63, 3.8) is 0 Å². The van der Waals surface area contributed by atoms with Gasteiger partial charge in [-0.25, -0.2) is 0 Å². The van der Waals surface area contributed by atoms with Crippen molar-refractivity contribution in [1.82, 2.24) is 24.9 Å². The van der Waals surface area contributed by atoms with Crippen LogP contribution >= 0.6 is 0 Å². The maximum absolute atomic E-state index is 4.88. The predicted octanol–water partition coefficient (Wildman–Crippen LogP) is 32.4. The van der Waals surface area contributed by atoms with Crippen LogP contribution in [0.1, 0.15) is 181 Å². The monoisotopic (exact) mass is 1750 g/mol. The summed E-state index contributed by atoms with van der Waals surface area (Å²) in [7, 11) is 0. The van der Waals surface area contributed by atoms with Crippen molar-refractivity contribution >= 4 is 0 Å². The van der Waals surface area contributed by atoms with Crippen molar-refractivity contribution in [1.29, 1.82) is 0 Å². The van der Waals surface area contributed by atoms with Crippen molar-refractivity contribution in [2.75, 3.05) is 0 Å². The van der Waals surface area contributed by atoms with Crippen LogP contribution in [0.15, 0.2) is 517 Å². The number of aromatic nitrogens is 5. The second kappa shape index (κ2) is 43.0. The molecule has 15 aromatic carbocycles. The number of benzene rings is 15. The lowest BCUT2D eigenvalue weighted by Crippen LogP contribution is -2.29. The Morgan fingerprint density at radius 2 is 0.333 bits per heavy atom. The highest BCUT2D eigenvalue weighted by atomic mass is 14.8. The molecule has 135 heavy (non-hydrogen) atoms. The third-order valence-electron chi connectivity index (χ3n) is 26.1. The highest BCUT2D eigenvalue weighted by Gasteiger charge is 2.52. The van der Waals surface area contributed by atoms with E-state index in [9.17, 15) is 0 Å². The molecule has 0 atom stereocenters. The lowest BCUT2D eigenvalue weighted by Gasteiger charge is -2.33. The molecule has 660 valence electrons. The van der Waals surface area contributed by atoms with E-state index in [1.54, 1.807) is 0 Å². The van der Waals surface area contributed by atoms with Gasteiger partial charge in [-0.3, -0.25) is 24.9 Å². The molecule has 5 aromatic heterocycles. The molecule has 0 unspecified atom stereocenters. The molecule has 5 aliphatic rings. The SMILES string of the molecule is CC.CC.CC.CC.CC.c1ccc(C2(c3ccccc3)c3ccccc3-c3cccnc32)cc1.c1ccc(C2(c3ccccc3)c3ccccc3-c3ccncc32)cc1.c1ccc(C2(c3ccccc3)c3ccccc3-c3cnccc32)cc1.c1ccc(C2(c3ccccc3)c3ccccc3-c3ncccc32)cc1.c1ccc(C2(c3ccccc3)c3ccccc3-c3ncccc32)cc1. The third kappa shape index (κ3) is 16.1. The molecule has 0 aliphatic heterocycles. The van der Waals surface area contributed by atoms with Gasteiger partial charge in [0.1, 0.15) is 0 Å². The maximum Gasteiger partial charge on any atom is 0.0886 e. The van der Waals surface area contributed by atoms with Gasteiger partial charge in [0.05, 0.1) is 44.2 Å². The van der Waals surface area contributed by atoms with Crippen LogP contribution in [0.4, 0.5) is 0 Å². The van der Waals surface area contributed by atoms with Crippen molar-refractivity contribution in [2.24, 2.45) is 0 Å². The van der Waals surface area contributed by atoms with Crippen LogP contribution in [0.3, 0.4) is 0 Å². The zero-order valence-corrected chi connectivity index (χ0v) is 78.8. The first-order valence-corrected chi connectivity index (χ1v) is 47.9. The Balaban J connectivity index is 0.000000120. The topological polar surface area (TPSA) is 64.5 Å². The molecule has 0 fully saturated rings. The maximum atomic E-state index is 4.88. The Bertz CT molecular complexity index is 5750. The summed E-state index contributed by atoms with van der Waals surface area (Å²) in [5, 5.41) is 0. The van der Waals surface area contributed by atoms with E-state index in [2.05, 4.69) is 465 Å². The van der Waals surface area contributed by atoms with Crippen molar-refractivity contribution in [3.8, 4) is 55.9 Å². The highest BCUT2D eigenvalue weighted by molar-refractivity contribution is 5.90. The van der Waals surface area contributed by atoms with E-state index < -0.39 is 0 Å². The summed E-state index contributed by atoms with van der Waals surface area (Å²) in [6.07, 6.45) is 13.5. The van der Waals surface area contributed by atoms with Gasteiger partial charge >= 0.3 is 0 Å². The summed E-state index contributed by atoms with van der Waals surface area (Å²) in [6.45, 7) is 20.0. The molecule has 20 aromatic rings. The second-order valence-corrected chi connectivity index (χ2v) is 32.2. The zero-order chi connectivity index (χ0) is 93.5. The first-order chi connectivity index (χ1) is 67.1. The number of rotatable bonds is 10. The average Bonchev–Trinajstić information content (AvgIpc) is 1.56. The summed E-state index contributed by atoms with van der Waals surface area (Å²) < 4.78 is 0. The fraction of sp³-hybridized carbons (Fsp3) is 0.115. The fourth-order valence-electron chi connectivity index (χ4n) is 21.3. The minimum absolute atomic E-state index is 0.294. The molecule has 0 saturated carbocycles. The molecule has 5 nitrogen and oxygen atoms in total. The van der Waals surface area contributed by atoms with Crippen LogP contribution in [0.25, 0.3) is 55.9 Å². The van der Waals surface area contributed by atoms with Crippen LogP contribution in [0.5, 0.6) is 0 Å². The van der Waals surface area contributed by atoms with Crippen LogP contribution in [0.2, 0.25) is 0 Å². The molecule has 0 bridgehead atoms. The number of fused-ring (bicyclic) bond motifs is 15. The number of nitrogens with zero attached hydrogens (tertiary/aromatic N) is 5. The fourth-order valence-corrected chi connectivity index (χ4v) is 21.3. The lowest BCUT2D eigenvalue weighted by molar-refractivity contribution is 0.738. The Hall–Kier alpha value is -16.0. The molecule has 0 saturated heterocycles. The Morgan fingerprint density at radius 3 is 0.667 bits per heavy atom. The average molecular weight is 1750 g/mol. The van der Waals surface area contributed by atoms with E-state index in [0.29, 0.717) is 0 Å². The molecular formula is C130H115N5. The van der Waals surface area contributed by atoms with Gasteiger partial charge in [0, 0.05) is 65.6 Å². The quantitative estimate of drug-likeness (QED) is 0.137. The Labute approximate surface area is 799 Å². The van der Waals surface area contributed by atoms with Gasteiger partial charge in [-0.05, 0) is 158 Å². The van der Waals surface area contributed by atoms with Gasteiger partial charge in [-0.15, -0.1) is 0 Å². The van der Waals surface area contributed by atoms with Gasteiger partial charge in [-0.2, -0.15) is 0 Å². The third-order valence-corrected chi connectivity index (χ3v) is 26.1. The first kappa shape index (κ1) is 92.3. The largest absolute Gasteiger partial charge is 0.264 e. The summed E-state index contributed by atoms with van der Waals surface area (Å²) in [5.74, 6) is 0. The smallest absolute Gasteiger partial charge is 0.0886 e. The van der Waals surface area contributed by atoms with Crippen molar-refractivity contribution in [2.45, 2.75) is 96.3 Å². The number of hydrogen-bond donors (Lipinski definition) is 0. The minimum Gasteiger partial charge on any atom is -0.264 e. The van der Waals surface area contributed by atoms with Gasteiger partial charge in [0.25, 0.3) is 0 Å². The Kier molecular flexibility index (Phi) is 29.4. The Morgan fingerprint density at radius 1 is 0.133 bits per heavy atom. The van der Waals surface area contributed by atoms with Crippen LogP contribution in [-0.4, -0.2) is 24.9 Å². The molecule has 5 aliphatic carbocycles. The van der Waals surface area contributed by atoms with Gasteiger partial charge in [0.15, 0.2) is 0 Å². The molecule has 5 heterocycles. The summed E-state index contributed by atoms with van der Waals surface area (Å²) in [6, 6.07) is 168. The van der Waals surface area contributed by atoms with E-state index in [-0.39, 0.29) is 27.1 Å². The lowest BCUT2D eigenvalue weighted by atomic mass is 9.68. The molecule has 5 heteroatoms. The predicted molar refractivity (Wildman–Crippen MR) is 564 cm³/mol. The van der Waals surface area contributed by atoms with Crippen LogP contribution in [-0.2, 0) is 27.1 Å². The van der Waals surface area contributed by atoms with E-state index >= 15 is 0 Å². The summed E-state index contributed by atoms with van der Waals surface area (Å²) in [4.78, 5) is 23.3. The second-order valence-electron chi connectivity index (χ2n) is 32.2. The van der Waals surface area contributed by atoms with E-state index in [1.165, 1.54) is 150 Å². The normalized spacial score (nSPS) is 13.1. The molecule has 0 radical (unpaired) electrons. The van der Waals surface area contributed by atoms with E-state index in [0.717, 1.165) is 17.1 Å². The zero-order valence-electron chi connectivity index (χ0n) is 78.8. The number of hydrogen-bond acceptors (Lipinski definition) is 5. The standard InChI is InChI=1S/5C24H17N.5C2H6/c1-3-10-18(11-4-1)24(19-12-5-2-6-13-19)22-16-8-7-14-20(22)21-15-9-17-25-23(21)24;2*1-3-10-18(11-4-1)24(19-12-5-2-6-13-19)21-15-8-7-14-20(21)23-22(24)16-9-17-25-23;1-3-9-18(10-4-1)24(19-11-5-2-6-12-19)22-14-8-7-13-20(22)21-17-25-16-15-23(21)24;1-3-9-18(10-4-1)24(19-11-5-2-6-12-19)22-14-8-7-13-20(22)21-15-16-25-17-23(21)24;5*1-2/h5*1-17H;5*1-2H3. The molecule has 25 rings (SSSR count). The molecule has 0 N–H and O–H groups in total. The first-order valence-electron chi connectivity index (χ1n) is 47.9. The summed E-state index contributed by atoms with van der Waals surface area (Å²) >= 11 is 0. The van der Waals surface area contributed by atoms with E-state index in [1.807, 2.05) is 131 Å². The molecule has 0 spiro atoms. The van der Waals surface area contributed by atoms with Crippen LogP contribution < -0.4 is 0 Å². The van der Waals surface area contributed by atoms with Crippen molar-refractivity contribution < 1.29 is 0 Å². The summed E-state index contributed by atoms with van der Waals surface area (Å²) in [5.41, 5.74) is 36.1. The molecular weight excluding hydrogens is 1630 g/mol.